The van der Waals surface area contributed by atoms with Crippen molar-refractivity contribution in [2.45, 2.75) is 34.1 Å². The molecule has 5 heteroatoms. The second-order valence-corrected chi connectivity index (χ2v) is 4.39. The lowest BCUT2D eigenvalue weighted by Crippen LogP contribution is -2.05. The van der Waals surface area contributed by atoms with E-state index in [4.69, 9.17) is 9.84 Å². The maximum Gasteiger partial charge on any atom is 0.350 e. The highest BCUT2D eigenvalue weighted by Gasteiger charge is 2.13. The standard InChI is InChI=1S/C8H11NO2S.C6H6O.C2H6/c1-3-6-7(12-5-9-6)8(10)11-4-2;7-6-4-2-1-3-5-6;1-2/h5H,3-4H2,1-2H3;1-5,7H;1-2H3. The molecule has 2 aromatic rings. The number of aromatic nitrogens is 1. The zero-order chi connectivity index (χ0) is 16.1. The molecule has 1 N–H and O–H groups in total. The fraction of sp³-hybridized carbons (Fsp3) is 0.375. The number of carbonyl (C=O) groups is 1. The normalized spacial score (nSPS) is 8.76. The minimum absolute atomic E-state index is 0.253. The van der Waals surface area contributed by atoms with E-state index in [9.17, 15) is 4.79 Å². The van der Waals surface area contributed by atoms with E-state index >= 15 is 0 Å². The fourth-order valence-corrected chi connectivity index (χ4v) is 2.09. The van der Waals surface area contributed by atoms with Gasteiger partial charge in [0.1, 0.15) is 10.6 Å². The SMILES string of the molecule is CC.CCOC(=O)c1scnc1CC.Oc1ccccc1. The Hall–Kier alpha value is -1.88. The molecule has 1 aromatic heterocycles. The van der Waals surface area contributed by atoms with Crippen LogP contribution in [0.2, 0.25) is 0 Å². The molecule has 0 aliphatic rings. The summed E-state index contributed by atoms with van der Waals surface area (Å²) in [4.78, 5) is 15.9. The number of benzene rings is 1. The van der Waals surface area contributed by atoms with Gasteiger partial charge in [0.15, 0.2) is 0 Å². The van der Waals surface area contributed by atoms with Crippen molar-refractivity contribution in [3.05, 3.63) is 46.4 Å². The minimum atomic E-state index is -0.253. The Labute approximate surface area is 130 Å². The molecule has 21 heavy (non-hydrogen) atoms. The molecule has 0 amide bonds. The number of ether oxygens (including phenoxy) is 1. The zero-order valence-electron chi connectivity index (χ0n) is 13.0. The number of nitrogens with zero attached hydrogens (tertiary/aromatic N) is 1. The summed E-state index contributed by atoms with van der Waals surface area (Å²) in [5, 5.41) is 8.63. The molecule has 4 nitrogen and oxygen atoms in total. The molecule has 0 radical (unpaired) electrons. The third kappa shape index (κ3) is 7.46. The summed E-state index contributed by atoms with van der Waals surface area (Å²) in [7, 11) is 0. The van der Waals surface area contributed by atoms with Crippen LogP contribution in [0.3, 0.4) is 0 Å². The van der Waals surface area contributed by atoms with E-state index < -0.39 is 0 Å². The predicted octanol–water partition coefficient (Wildman–Crippen LogP) is 4.30. The van der Waals surface area contributed by atoms with Gasteiger partial charge in [0.25, 0.3) is 0 Å². The molecule has 0 aliphatic heterocycles. The number of hydrogen-bond donors (Lipinski definition) is 1. The Bertz CT molecular complexity index is 497. The number of phenols is 1. The molecular weight excluding hydrogens is 286 g/mol. The Kier molecular flexibility index (Phi) is 10.8. The van der Waals surface area contributed by atoms with Crippen LogP contribution in [-0.4, -0.2) is 22.7 Å². The molecule has 0 bridgehead atoms. The summed E-state index contributed by atoms with van der Waals surface area (Å²) in [5.74, 6) is 0.0688. The molecule has 0 saturated carbocycles. The Morgan fingerprint density at radius 1 is 1.24 bits per heavy atom. The van der Waals surface area contributed by atoms with Gasteiger partial charge in [0.2, 0.25) is 0 Å². The topological polar surface area (TPSA) is 59.4 Å². The maximum absolute atomic E-state index is 11.2. The van der Waals surface area contributed by atoms with Crippen LogP contribution < -0.4 is 0 Å². The van der Waals surface area contributed by atoms with E-state index in [0.717, 1.165) is 12.1 Å². The van der Waals surface area contributed by atoms with Crippen molar-refractivity contribution in [3.63, 3.8) is 0 Å². The Morgan fingerprint density at radius 3 is 2.29 bits per heavy atom. The van der Waals surface area contributed by atoms with E-state index in [2.05, 4.69) is 4.98 Å². The Morgan fingerprint density at radius 2 is 1.86 bits per heavy atom. The van der Waals surface area contributed by atoms with Gasteiger partial charge in [-0.15, -0.1) is 11.3 Å². The van der Waals surface area contributed by atoms with Crippen molar-refractivity contribution in [2.75, 3.05) is 6.61 Å². The van der Waals surface area contributed by atoms with Gasteiger partial charge in [-0.3, -0.25) is 0 Å². The zero-order valence-corrected chi connectivity index (χ0v) is 13.8. The largest absolute Gasteiger partial charge is 0.508 e. The minimum Gasteiger partial charge on any atom is -0.508 e. The molecule has 0 spiro atoms. The lowest BCUT2D eigenvalue weighted by atomic mass is 10.3. The molecule has 0 saturated heterocycles. The van der Waals surface area contributed by atoms with Gasteiger partial charge in [-0.1, -0.05) is 39.0 Å². The highest BCUT2D eigenvalue weighted by molar-refractivity contribution is 7.11. The maximum atomic E-state index is 11.2. The molecule has 0 aliphatic carbocycles. The van der Waals surface area contributed by atoms with Gasteiger partial charge >= 0.3 is 5.97 Å². The van der Waals surface area contributed by atoms with Crippen molar-refractivity contribution in [1.82, 2.24) is 4.98 Å². The van der Waals surface area contributed by atoms with E-state index in [1.807, 2.05) is 26.8 Å². The predicted molar refractivity (Wildman–Crippen MR) is 86.9 cm³/mol. The lowest BCUT2D eigenvalue weighted by Gasteiger charge is -1.99. The number of para-hydroxylation sites is 1. The third-order valence-corrected chi connectivity index (χ3v) is 3.04. The summed E-state index contributed by atoms with van der Waals surface area (Å²) in [5.41, 5.74) is 2.50. The number of aryl methyl sites for hydroxylation is 1. The van der Waals surface area contributed by atoms with Crippen LogP contribution >= 0.6 is 11.3 Å². The van der Waals surface area contributed by atoms with Gasteiger partial charge < -0.3 is 9.84 Å². The van der Waals surface area contributed by atoms with Crippen molar-refractivity contribution in [1.29, 1.82) is 0 Å². The third-order valence-electron chi connectivity index (χ3n) is 2.19. The van der Waals surface area contributed by atoms with Crippen LogP contribution in [0.1, 0.15) is 43.1 Å². The van der Waals surface area contributed by atoms with Crippen LogP contribution in [-0.2, 0) is 11.2 Å². The van der Waals surface area contributed by atoms with Crippen molar-refractivity contribution >= 4 is 17.3 Å². The van der Waals surface area contributed by atoms with Crippen LogP contribution in [0, 0.1) is 0 Å². The number of esters is 1. The molecule has 0 atom stereocenters. The molecule has 116 valence electrons. The van der Waals surface area contributed by atoms with E-state index in [1.54, 1.807) is 36.7 Å². The molecule has 1 aromatic carbocycles. The first-order chi connectivity index (χ1) is 10.2. The number of thiazole rings is 1. The quantitative estimate of drug-likeness (QED) is 0.859. The molecule has 0 fully saturated rings. The molecule has 2 rings (SSSR count). The first-order valence-electron chi connectivity index (χ1n) is 7.02. The second-order valence-electron chi connectivity index (χ2n) is 3.54. The summed E-state index contributed by atoms with van der Waals surface area (Å²) < 4.78 is 4.86. The van der Waals surface area contributed by atoms with E-state index in [-0.39, 0.29) is 5.97 Å². The average Bonchev–Trinajstić information content (AvgIpc) is 2.99. The van der Waals surface area contributed by atoms with Crippen molar-refractivity contribution < 1.29 is 14.6 Å². The van der Waals surface area contributed by atoms with Gasteiger partial charge in [-0.2, -0.15) is 0 Å². The number of rotatable bonds is 3. The molecular formula is C16H23NO3S. The highest BCUT2D eigenvalue weighted by atomic mass is 32.1. The van der Waals surface area contributed by atoms with Gasteiger partial charge in [-0.05, 0) is 25.5 Å². The highest BCUT2D eigenvalue weighted by Crippen LogP contribution is 2.14. The van der Waals surface area contributed by atoms with E-state index in [1.165, 1.54) is 11.3 Å². The second kappa shape index (κ2) is 11.9. The average molecular weight is 309 g/mol. The van der Waals surface area contributed by atoms with Crippen LogP contribution in [0.25, 0.3) is 0 Å². The summed E-state index contributed by atoms with van der Waals surface area (Å²) in [6, 6.07) is 8.71. The monoisotopic (exact) mass is 309 g/mol. The summed E-state index contributed by atoms with van der Waals surface area (Å²) in [6.07, 6.45) is 0.775. The summed E-state index contributed by atoms with van der Waals surface area (Å²) >= 11 is 1.34. The smallest absolute Gasteiger partial charge is 0.350 e. The first-order valence-corrected chi connectivity index (χ1v) is 7.90. The van der Waals surface area contributed by atoms with Gasteiger partial charge in [0.05, 0.1) is 17.8 Å². The van der Waals surface area contributed by atoms with Gasteiger partial charge in [-0.25, -0.2) is 9.78 Å². The Balaban J connectivity index is 0.000000377. The van der Waals surface area contributed by atoms with Crippen molar-refractivity contribution in [2.24, 2.45) is 0 Å². The number of hydrogen-bond acceptors (Lipinski definition) is 5. The van der Waals surface area contributed by atoms with Gasteiger partial charge in [0, 0.05) is 0 Å². The first kappa shape index (κ1) is 19.1. The van der Waals surface area contributed by atoms with Crippen molar-refractivity contribution in [3.8, 4) is 5.75 Å². The number of carbonyl (C=O) groups excluding carboxylic acids is 1. The van der Waals surface area contributed by atoms with Crippen LogP contribution in [0.5, 0.6) is 5.75 Å². The fourth-order valence-electron chi connectivity index (χ4n) is 1.31. The van der Waals surface area contributed by atoms with Crippen LogP contribution in [0.15, 0.2) is 35.8 Å². The lowest BCUT2D eigenvalue weighted by molar-refractivity contribution is 0.0530. The van der Waals surface area contributed by atoms with Crippen LogP contribution in [0.4, 0.5) is 0 Å². The molecule has 1 heterocycles. The van der Waals surface area contributed by atoms with E-state index in [0.29, 0.717) is 17.2 Å². The number of aromatic hydroxyl groups is 1. The number of phenolic OH excluding ortho intramolecular Hbond substituents is 1. The summed E-state index contributed by atoms with van der Waals surface area (Å²) in [6.45, 7) is 8.18. The molecule has 0 unspecified atom stereocenters.